The molecule has 0 rings (SSSR count). The normalized spacial score (nSPS) is 11.3. The Morgan fingerprint density at radius 1 is 0.789 bits per heavy atom. The van der Waals surface area contributed by atoms with Gasteiger partial charge < -0.3 is 4.74 Å². The van der Waals surface area contributed by atoms with Gasteiger partial charge in [0, 0.05) is 6.42 Å². The standard InChI is InChI=1S/C17H34O2/c1-15(2)11-7-5-6-8-13-17(18)19-14-10-9-12-16(3)4/h15-16H,5-14H2,1-4H3. The number of hydrogen-bond acceptors (Lipinski definition) is 2. The molecule has 0 radical (unpaired) electrons. The van der Waals surface area contributed by atoms with Crippen LogP contribution in [0.2, 0.25) is 0 Å². The van der Waals surface area contributed by atoms with Crippen LogP contribution in [0.3, 0.4) is 0 Å². The summed E-state index contributed by atoms with van der Waals surface area (Å²) in [6.45, 7) is 9.59. The molecule has 0 aliphatic heterocycles. The third-order valence-corrected chi connectivity index (χ3v) is 3.35. The summed E-state index contributed by atoms with van der Waals surface area (Å²) in [7, 11) is 0. The second-order valence-corrected chi connectivity index (χ2v) is 6.46. The molecule has 0 atom stereocenters. The Kier molecular flexibility index (Phi) is 12.2. The fourth-order valence-electron chi connectivity index (χ4n) is 2.09. The summed E-state index contributed by atoms with van der Waals surface area (Å²) in [6, 6.07) is 0. The van der Waals surface area contributed by atoms with Gasteiger partial charge in [0.15, 0.2) is 0 Å². The molecule has 0 saturated carbocycles. The van der Waals surface area contributed by atoms with Crippen molar-refractivity contribution in [2.75, 3.05) is 6.61 Å². The van der Waals surface area contributed by atoms with Crippen molar-refractivity contribution in [1.29, 1.82) is 0 Å². The van der Waals surface area contributed by atoms with Crippen molar-refractivity contribution in [3.63, 3.8) is 0 Å². The Labute approximate surface area is 120 Å². The molecule has 0 unspecified atom stereocenters. The molecule has 0 aromatic heterocycles. The minimum atomic E-state index is -0.00611. The number of ether oxygens (including phenoxy) is 1. The number of esters is 1. The van der Waals surface area contributed by atoms with Crippen molar-refractivity contribution in [3.05, 3.63) is 0 Å². The van der Waals surface area contributed by atoms with Crippen LogP contribution < -0.4 is 0 Å². The second-order valence-electron chi connectivity index (χ2n) is 6.46. The zero-order valence-electron chi connectivity index (χ0n) is 13.5. The first-order valence-corrected chi connectivity index (χ1v) is 8.18. The van der Waals surface area contributed by atoms with Crippen LogP contribution in [0.15, 0.2) is 0 Å². The molecule has 0 N–H and O–H groups in total. The Balaban J connectivity index is 3.21. The maximum atomic E-state index is 11.5. The summed E-state index contributed by atoms with van der Waals surface area (Å²) in [5, 5.41) is 0. The molecule has 0 saturated heterocycles. The highest BCUT2D eigenvalue weighted by Crippen LogP contribution is 2.11. The maximum absolute atomic E-state index is 11.5. The van der Waals surface area contributed by atoms with Gasteiger partial charge in [0.2, 0.25) is 0 Å². The SMILES string of the molecule is CC(C)CCCCCCC(=O)OCCCCC(C)C. The van der Waals surface area contributed by atoms with E-state index in [1.807, 2.05) is 0 Å². The van der Waals surface area contributed by atoms with Crippen LogP contribution >= 0.6 is 0 Å². The highest BCUT2D eigenvalue weighted by Gasteiger charge is 2.03. The lowest BCUT2D eigenvalue weighted by Gasteiger charge is -2.06. The van der Waals surface area contributed by atoms with Gasteiger partial charge >= 0.3 is 5.97 Å². The molecule has 0 heterocycles. The van der Waals surface area contributed by atoms with E-state index in [1.165, 1.54) is 32.1 Å². The molecule has 19 heavy (non-hydrogen) atoms. The number of unbranched alkanes of at least 4 members (excludes halogenated alkanes) is 4. The molecule has 114 valence electrons. The third-order valence-electron chi connectivity index (χ3n) is 3.35. The van der Waals surface area contributed by atoms with Crippen LogP contribution in [0.25, 0.3) is 0 Å². The smallest absolute Gasteiger partial charge is 0.305 e. The average molecular weight is 270 g/mol. The van der Waals surface area contributed by atoms with Gasteiger partial charge in [0.05, 0.1) is 6.61 Å². The fourth-order valence-corrected chi connectivity index (χ4v) is 2.09. The van der Waals surface area contributed by atoms with E-state index in [0.29, 0.717) is 13.0 Å². The third kappa shape index (κ3) is 15.4. The summed E-state index contributed by atoms with van der Waals surface area (Å²) < 4.78 is 5.23. The van der Waals surface area contributed by atoms with Crippen molar-refractivity contribution >= 4 is 5.97 Å². The Bertz CT molecular complexity index is 209. The number of rotatable bonds is 12. The van der Waals surface area contributed by atoms with Crippen molar-refractivity contribution in [2.24, 2.45) is 11.8 Å². The Hall–Kier alpha value is -0.530. The predicted molar refractivity (Wildman–Crippen MR) is 82.2 cm³/mol. The molecule has 2 heteroatoms. The van der Waals surface area contributed by atoms with E-state index in [2.05, 4.69) is 27.7 Å². The minimum Gasteiger partial charge on any atom is -0.466 e. The van der Waals surface area contributed by atoms with Crippen LogP contribution in [0.1, 0.15) is 85.5 Å². The van der Waals surface area contributed by atoms with Crippen LogP contribution in [0.5, 0.6) is 0 Å². The van der Waals surface area contributed by atoms with Crippen LogP contribution in [0, 0.1) is 11.8 Å². The van der Waals surface area contributed by atoms with Gasteiger partial charge in [-0.05, 0) is 31.1 Å². The summed E-state index contributed by atoms with van der Waals surface area (Å²) in [5.41, 5.74) is 0. The fraction of sp³-hybridized carbons (Fsp3) is 0.941. The first kappa shape index (κ1) is 18.5. The molecule has 0 spiro atoms. The van der Waals surface area contributed by atoms with E-state index in [4.69, 9.17) is 4.74 Å². The van der Waals surface area contributed by atoms with Crippen molar-refractivity contribution in [1.82, 2.24) is 0 Å². The maximum Gasteiger partial charge on any atom is 0.305 e. The molecule has 0 fully saturated rings. The quantitative estimate of drug-likeness (QED) is 0.353. The summed E-state index contributed by atoms with van der Waals surface area (Å²) in [4.78, 5) is 11.5. The van der Waals surface area contributed by atoms with Crippen molar-refractivity contribution in [2.45, 2.75) is 85.5 Å². The van der Waals surface area contributed by atoms with E-state index in [-0.39, 0.29) is 5.97 Å². The number of carbonyl (C=O) groups excluding carboxylic acids is 1. The molecular formula is C17H34O2. The van der Waals surface area contributed by atoms with E-state index in [1.54, 1.807) is 0 Å². The van der Waals surface area contributed by atoms with E-state index in [0.717, 1.165) is 31.1 Å². The largest absolute Gasteiger partial charge is 0.466 e. The second kappa shape index (κ2) is 12.5. The van der Waals surface area contributed by atoms with E-state index < -0.39 is 0 Å². The van der Waals surface area contributed by atoms with Gasteiger partial charge in [0.25, 0.3) is 0 Å². The Morgan fingerprint density at radius 2 is 1.32 bits per heavy atom. The lowest BCUT2D eigenvalue weighted by atomic mass is 10.0. The molecule has 2 nitrogen and oxygen atoms in total. The van der Waals surface area contributed by atoms with Gasteiger partial charge in [-0.15, -0.1) is 0 Å². The highest BCUT2D eigenvalue weighted by atomic mass is 16.5. The zero-order chi connectivity index (χ0) is 14.5. The van der Waals surface area contributed by atoms with Gasteiger partial charge in [-0.1, -0.05) is 59.8 Å². The lowest BCUT2D eigenvalue weighted by Crippen LogP contribution is -2.05. The molecule has 0 aromatic rings. The van der Waals surface area contributed by atoms with Crippen molar-refractivity contribution < 1.29 is 9.53 Å². The minimum absolute atomic E-state index is 0.00611. The summed E-state index contributed by atoms with van der Waals surface area (Å²) in [6.07, 6.45) is 10.0. The topological polar surface area (TPSA) is 26.3 Å². The molecule has 0 aromatic carbocycles. The number of carbonyl (C=O) groups is 1. The first-order valence-electron chi connectivity index (χ1n) is 8.18. The van der Waals surface area contributed by atoms with Gasteiger partial charge in [-0.3, -0.25) is 4.79 Å². The average Bonchev–Trinajstić information content (AvgIpc) is 2.32. The highest BCUT2D eigenvalue weighted by molar-refractivity contribution is 5.69. The molecule has 0 amide bonds. The monoisotopic (exact) mass is 270 g/mol. The van der Waals surface area contributed by atoms with Crippen LogP contribution in [-0.4, -0.2) is 12.6 Å². The molecular weight excluding hydrogens is 236 g/mol. The summed E-state index contributed by atoms with van der Waals surface area (Å²) >= 11 is 0. The van der Waals surface area contributed by atoms with Crippen LogP contribution in [0.4, 0.5) is 0 Å². The molecule has 0 aliphatic carbocycles. The van der Waals surface area contributed by atoms with Gasteiger partial charge in [0.1, 0.15) is 0 Å². The number of hydrogen-bond donors (Lipinski definition) is 0. The summed E-state index contributed by atoms with van der Waals surface area (Å²) in [5.74, 6) is 1.55. The molecule has 0 aliphatic rings. The Morgan fingerprint density at radius 3 is 1.89 bits per heavy atom. The molecule has 0 bridgehead atoms. The van der Waals surface area contributed by atoms with Crippen LogP contribution in [-0.2, 0) is 9.53 Å². The van der Waals surface area contributed by atoms with E-state index >= 15 is 0 Å². The first-order chi connectivity index (χ1) is 9.02. The lowest BCUT2D eigenvalue weighted by molar-refractivity contribution is -0.143. The van der Waals surface area contributed by atoms with E-state index in [9.17, 15) is 4.79 Å². The van der Waals surface area contributed by atoms with Crippen molar-refractivity contribution in [3.8, 4) is 0 Å². The van der Waals surface area contributed by atoms with Gasteiger partial charge in [-0.2, -0.15) is 0 Å². The predicted octanol–water partition coefficient (Wildman–Crippen LogP) is 5.35. The zero-order valence-corrected chi connectivity index (χ0v) is 13.5. The van der Waals surface area contributed by atoms with Gasteiger partial charge in [-0.25, -0.2) is 0 Å².